The van der Waals surface area contributed by atoms with Crippen LogP contribution in [0.4, 0.5) is 0 Å². The molecule has 0 unspecified atom stereocenters. The Hall–Kier alpha value is -1.54. The van der Waals surface area contributed by atoms with Crippen molar-refractivity contribution in [2.24, 2.45) is 0 Å². The molecule has 4 heteroatoms. The Balaban J connectivity index is 2.91. The predicted molar refractivity (Wildman–Crippen MR) is 79.6 cm³/mol. The van der Waals surface area contributed by atoms with Crippen molar-refractivity contribution >= 4 is 0 Å². The molecule has 110 valence electrons. The van der Waals surface area contributed by atoms with Crippen molar-refractivity contribution in [1.29, 1.82) is 0 Å². The summed E-state index contributed by atoms with van der Waals surface area (Å²) in [7, 11) is 1.65. The summed E-state index contributed by atoms with van der Waals surface area (Å²) < 4.78 is 5.37. The van der Waals surface area contributed by atoms with Crippen LogP contribution in [0.1, 0.15) is 24.5 Å². The van der Waals surface area contributed by atoms with E-state index in [1.54, 1.807) is 7.11 Å². The zero-order valence-corrected chi connectivity index (χ0v) is 12.2. The smallest absolute Gasteiger partial charge is 0.123 e. The summed E-state index contributed by atoms with van der Waals surface area (Å²) in [5.41, 5.74) is 1.97. The van der Waals surface area contributed by atoms with Crippen LogP contribution in [0.3, 0.4) is 0 Å². The highest BCUT2D eigenvalue weighted by atomic mass is 16.5. The van der Waals surface area contributed by atoms with E-state index in [-0.39, 0.29) is 13.2 Å². The van der Waals surface area contributed by atoms with Gasteiger partial charge in [0.15, 0.2) is 0 Å². The summed E-state index contributed by atoms with van der Waals surface area (Å²) in [6.45, 7) is 4.51. The van der Waals surface area contributed by atoms with Crippen LogP contribution >= 0.6 is 0 Å². The van der Waals surface area contributed by atoms with E-state index < -0.39 is 0 Å². The Morgan fingerprint density at radius 2 is 2.05 bits per heavy atom. The van der Waals surface area contributed by atoms with E-state index in [0.29, 0.717) is 13.0 Å². The summed E-state index contributed by atoms with van der Waals surface area (Å²) in [5.74, 6) is 6.77. The molecule has 2 N–H and O–H groups in total. The highest BCUT2D eigenvalue weighted by molar-refractivity contribution is 5.44. The van der Waals surface area contributed by atoms with E-state index in [0.717, 1.165) is 30.0 Å². The molecular weight excluding hydrogens is 254 g/mol. The topological polar surface area (TPSA) is 52.9 Å². The first-order chi connectivity index (χ1) is 9.74. The first kappa shape index (κ1) is 16.5. The molecule has 4 nitrogen and oxygen atoms in total. The highest BCUT2D eigenvalue weighted by Gasteiger charge is 2.08. The van der Waals surface area contributed by atoms with E-state index in [9.17, 15) is 0 Å². The minimum atomic E-state index is 0.0795. The van der Waals surface area contributed by atoms with Gasteiger partial charge in [0.1, 0.15) is 5.75 Å². The molecule has 0 aliphatic heterocycles. The number of aliphatic hydroxyl groups excluding tert-OH is 2. The fourth-order valence-electron chi connectivity index (χ4n) is 1.93. The Labute approximate surface area is 121 Å². The van der Waals surface area contributed by atoms with Crippen LogP contribution < -0.4 is 4.74 Å². The summed E-state index contributed by atoms with van der Waals surface area (Å²) in [6, 6.07) is 5.82. The zero-order chi connectivity index (χ0) is 14.8. The van der Waals surface area contributed by atoms with Crippen molar-refractivity contribution in [3.63, 3.8) is 0 Å². The predicted octanol–water partition coefficient (Wildman–Crippen LogP) is 1.24. The van der Waals surface area contributed by atoms with Gasteiger partial charge in [0, 0.05) is 30.6 Å². The number of rotatable bonds is 7. The van der Waals surface area contributed by atoms with Gasteiger partial charge in [-0.1, -0.05) is 18.8 Å². The second-order valence-corrected chi connectivity index (χ2v) is 4.39. The SMILES string of the molecule is CCN(CCO)Cc1cc(C#CCCO)ccc1OC. The minimum Gasteiger partial charge on any atom is -0.496 e. The minimum absolute atomic E-state index is 0.0795. The molecular formula is C16H23NO3. The van der Waals surface area contributed by atoms with Gasteiger partial charge < -0.3 is 14.9 Å². The number of aliphatic hydroxyl groups is 2. The molecule has 0 amide bonds. The average Bonchev–Trinajstić information content (AvgIpc) is 2.47. The van der Waals surface area contributed by atoms with Gasteiger partial charge in [0.25, 0.3) is 0 Å². The van der Waals surface area contributed by atoms with E-state index in [1.807, 2.05) is 18.2 Å². The van der Waals surface area contributed by atoms with Crippen LogP contribution in [-0.2, 0) is 6.54 Å². The third-order valence-corrected chi connectivity index (χ3v) is 3.01. The number of ether oxygens (including phenoxy) is 1. The van der Waals surface area contributed by atoms with Crippen molar-refractivity contribution in [2.75, 3.05) is 33.4 Å². The maximum absolute atomic E-state index is 9.05. The molecule has 0 heterocycles. The lowest BCUT2D eigenvalue weighted by Crippen LogP contribution is -2.26. The Bertz CT molecular complexity index is 463. The lowest BCUT2D eigenvalue weighted by atomic mass is 10.1. The maximum atomic E-state index is 9.05. The molecule has 1 aromatic carbocycles. The monoisotopic (exact) mass is 277 g/mol. The fraction of sp³-hybridized carbons (Fsp3) is 0.500. The largest absolute Gasteiger partial charge is 0.496 e. The van der Waals surface area contributed by atoms with E-state index in [1.165, 1.54) is 0 Å². The lowest BCUT2D eigenvalue weighted by molar-refractivity contribution is 0.195. The zero-order valence-electron chi connectivity index (χ0n) is 12.2. The van der Waals surface area contributed by atoms with Gasteiger partial charge in [-0.3, -0.25) is 4.90 Å². The summed E-state index contributed by atoms with van der Waals surface area (Å²) in [6.07, 6.45) is 0.479. The Morgan fingerprint density at radius 1 is 1.25 bits per heavy atom. The first-order valence-corrected chi connectivity index (χ1v) is 6.85. The number of likely N-dealkylation sites (N-methyl/N-ethyl adjacent to an activating group) is 1. The second kappa shape index (κ2) is 9.38. The third-order valence-electron chi connectivity index (χ3n) is 3.01. The number of methoxy groups -OCH3 is 1. The molecule has 0 aromatic heterocycles. The quantitative estimate of drug-likeness (QED) is 0.736. The molecule has 20 heavy (non-hydrogen) atoms. The average molecular weight is 277 g/mol. The Kier molecular flexibility index (Phi) is 7.74. The lowest BCUT2D eigenvalue weighted by Gasteiger charge is -2.20. The molecule has 0 saturated heterocycles. The fourth-order valence-corrected chi connectivity index (χ4v) is 1.93. The van der Waals surface area contributed by atoms with Crippen LogP contribution in [0, 0.1) is 11.8 Å². The summed E-state index contributed by atoms with van der Waals surface area (Å²) in [5, 5.41) is 17.8. The van der Waals surface area contributed by atoms with Gasteiger partial charge in [0.2, 0.25) is 0 Å². The molecule has 0 aliphatic carbocycles. The van der Waals surface area contributed by atoms with Gasteiger partial charge in [-0.2, -0.15) is 0 Å². The van der Waals surface area contributed by atoms with Gasteiger partial charge in [0.05, 0.1) is 20.3 Å². The molecule has 0 spiro atoms. The standard InChI is InChI=1S/C16H23NO3/c1-3-17(9-11-19)13-15-12-14(6-4-5-10-18)7-8-16(15)20-2/h7-8,12,18-19H,3,5,9-11,13H2,1-2H3. The Morgan fingerprint density at radius 3 is 2.65 bits per heavy atom. The number of nitrogens with zero attached hydrogens (tertiary/aromatic N) is 1. The van der Waals surface area contributed by atoms with Gasteiger partial charge in [-0.05, 0) is 24.7 Å². The molecule has 0 saturated carbocycles. The van der Waals surface area contributed by atoms with Gasteiger partial charge in [-0.15, -0.1) is 0 Å². The van der Waals surface area contributed by atoms with Gasteiger partial charge in [-0.25, -0.2) is 0 Å². The molecule has 1 rings (SSSR count). The van der Waals surface area contributed by atoms with Crippen LogP contribution in [0.25, 0.3) is 0 Å². The number of hydrogen-bond acceptors (Lipinski definition) is 4. The van der Waals surface area contributed by atoms with E-state index in [2.05, 4.69) is 23.7 Å². The molecule has 0 aliphatic rings. The van der Waals surface area contributed by atoms with Crippen LogP contribution in [-0.4, -0.2) is 48.5 Å². The van der Waals surface area contributed by atoms with Crippen molar-refractivity contribution in [2.45, 2.75) is 19.9 Å². The summed E-state index contributed by atoms with van der Waals surface area (Å²) in [4.78, 5) is 2.14. The van der Waals surface area contributed by atoms with Crippen LogP contribution in [0.15, 0.2) is 18.2 Å². The molecule has 0 atom stereocenters. The van der Waals surface area contributed by atoms with Crippen molar-refractivity contribution < 1.29 is 14.9 Å². The summed E-state index contributed by atoms with van der Waals surface area (Å²) >= 11 is 0. The highest BCUT2D eigenvalue weighted by Crippen LogP contribution is 2.21. The molecule has 0 radical (unpaired) electrons. The number of hydrogen-bond donors (Lipinski definition) is 2. The van der Waals surface area contributed by atoms with Crippen LogP contribution in [0.2, 0.25) is 0 Å². The first-order valence-electron chi connectivity index (χ1n) is 6.85. The third kappa shape index (κ3) is 5.22. The van der Waals surface area contributed by atoms with Crippen LogP contribution in [0.5, 0.6) is 5.75 Å². The second-order valence-electron chi connectivity index (χ2n) is 4.39. The normalized spacial score (nSPS) is 10.2. The van der Waals surface area contributed by atoms with Gasteiger partial charge >= 0.3 is 0 Å². The maximum Gasteiger partial charge on any atom is 0.123 e. The van der Waals surface area contributed by atoms with E-state index in [4.69, 9.17) is 14.9 Å². The van der Waals surface area contributed by atoms with Crippen molar-refractivity contribution in [3.8, 4) is 17.6 Å². The number of benzene rings is 1. The van der Waals surface area contributed by atoms with Crippen molar-refractivity contribution in [3.05, 3.63) is 29.3 Å². The van der Waals surface area contributed by atoms with Crippen molar-refractivity contribution in [1.82, 2.24) is 4.90 Å². The molecule has 0 fully saturated rings. The molecule has 0 bridgehead atoms. The van der Waals surface area contributed by atoms with E-state index >= 15 is 0 Å². The molecule has 1 aromatic rings.